The number of amides is 1. The molecule has 2 heterocycles. The Balaban J connectivity index is 1.36. The minimum atomic E-state index is -3.47. The summed E-state index contributed by atoms with van der Waals surface area (Å²) in [5, 5.41) is 11.5. The van der Waals surface area contributed by atoms with Crippen molar-refractivity contribution in [2.45, 2.75) is 23.0 Å². The molecule has 1 N–H and O–H groups in total. The number of nitrogens with one attached hydrogen (secondary N) is 1. The van der Waals surface area contributed by atoms with E-state index in [-0.39, 0.29) is 27.7 Å². The fourth-order valence-electron chi connectivity index (χ4n) is 3.09. The monoisotopic (exact) mass is 478 g/mol. The van der Waals surface area contributed by atoms with Gasteiger partial charge in [0, 0.05) is 29.4 Å². The largest absolute Gasteiger partial charge is 0.411 e. The minimum Gasteiger partial charge on any atom is -0.411 e. The second-order valence-electron chi connectivity index (χ2n) is 6.85. The first-order chi connectivity index (χ1) is 14.9. The Morgan fingerprint density at radius 1 is 1.06 bits per heavy atom. The quantitative estimate of drug-likeness (QED) is 0.513. The van der Waals surface area contributed by atoms with Crippen LogP contribution in [-0.4, -0.2) is 47.7 Å². The number of sulfonamides is 1. The van der Waals surface area contributed by atoms with Gasteiger partial charge in [-0.25, -0.2) is 8.42 Å². The molecular weight excluding hydrogens is 460 g/mol. The summed E-state index contributed by atoms with van der Waals surface area (Å²) in [6.07, 6.45) is 1.77. The predicted molar refractivity (Wildman–Crippen MR) is 119 cm³/mol. The van der Waals surface area contributed by atoms with Crippen molar-refractivity contribution in [3.8, 4) is 11.5 Å². The zero-order valence-electron chi connectivity index (χ0n) is 16.3. The van der Waals surface area contributed by atoms with Gasteiger partial charge in [-0.2, -0.15) is 4.31 Å². The summed E-state index contributed by atoms with van der Waals surface area (Å²) in [5.74, 6) is 0.131. The van der Waals surface area contributed by atoms with Gasteiger partial charge in [0.05, 0.1) is 10.6 Å². The van der Waals surface area contributed by atoms with Crippen molar-refractivity contribution in [1.82, 2.24) is 14.5 Å². The summed E-state index contributed by atoms with van der Waals surface area (Å²) in [4.78, 5) is 12.3. The van der Waals surface area contributed by atoms with Crippen molar-refractivity contribution in [2.24, 2.45) is 0 Å². The van der Waals surface area contributed by atoms with Crippen molar-refractivity contribution in [3.63, 3.8) is 0 Å². The normalized spacial score (nSPS) is 14.6. The van der Waals surface area contributed by atoms with Crippen molar-refractivity contribution < 1.29 is 17.6 Å². The van der Waals surface area contributed by atoms with Crippen molar-refractivity contribution >= 4 is 45.0 Å². The molecule has 0 spiro atoms. The van der Waals surface area contributed by atoms with Crippen LogP contribution in [0.5, 0.6) is 0 Å². The van der Waals surface area contributed by atoms with Crippen molar-refractivity contribution in [2.75, 3.05) is 24.2 Å². The number of nitrogens with zero attached hydrogens (tertiary/aromatic N) is 3. The topological polar surface area (TPSA) is 105 Å². The zero-order chi connectivity index (χ0) is 21.8. The molecule has 0 atom stereocenters. The average Bonchev–Trinajstić information content (AvgIpc) is 3.47. The number of halogens is 1. The third kappa shape index (κ3) is 5.27. The fourth-order valence-corrected chi connectivity index (χ4v) is 5.30. The number of thioether (sulfide) groups is 1. The van der Waals surface area contributed by atoms with Crippen molar-refractivity contribution in [3.05, 3.63) is 53.6 Å². The van der Waals surface area contributed by atoms with Gasteiger partial charge in [-0.3, -0.25) is 4.79 Å². The zero-order valence-corrected chi connectivity index (χ0v) is 18.7. The molecule has 0 radical (unpaired) electrons. The molecule has 31 heavy (non-hydrogen) atoms. The number of benzene rings is 2. The van der Waals surface area contributed by atoms with Crippen LogP contribution in [0.4, 0.5) is 5.69 Å². The van der Waals surface area contributed by atoms with E-state index in [9.17, 15) is 13.2 Å². The third-order valence-electron chi connectivity index (χ3n) is 4.67. The molecule has 1 saturated heterocycles. The highest BCUT2D eigenvalue weighted by atomic mass is 35.5. The predicted octanol–water partition coefficient (Wildman–Crippen LogP) is 3.91. The summed E-state index contributed by atoms with van der Waals surface area (Å²) in [5.41, 5.74) is 1.25. The number of rotatable bonds is 7. The summed E-state index contributed by atoms with van der Waals surface area (Å²) in [6.45, 7) is 1.11. The highest BCUT2D eigenvalue weighted by molar-refractivity contribution is 7.99. The maximum absolute atomic E-state index is 12.6. The lowest BCUT2D eigenvalue weighted by Crippen LogP contribution is -2.27. The number of carbonyl (C=O) groups excluding carboxylic acids is 1. The van der Waals surface area contributed by atoms with Crippen LogP contribution in [0.1, 0.15) is 12.8 Å². The summed E-state index contributed by atoms with van der Waals surface area (Å²) < 4.78 is 32.3. The molecule has 0 bridgehead atoms. The van der Waals surface area contributed by atoms with Gasteiger partial charge in [0.1, 0.15) is 0 Å². The van der Waals surface area contributed by atoms with Gasteiger partial charge in [-0.05, 0) is 61.4 Å². The lowest BCUT2D eigenvalue weighted by Gasteiger charge is -2.15. The van der Waals surface area contributed by atoms with Gasteiger partial charge < -0.3 is 9.73 Å². The molecule has 0 saturated carbocycles. The van der Waals surface area contributed by atoms with E-state index in [0.717, 1.165) is 24.6 Å². The van der Waals surface area contributed by atoms with E-state index in [1.165, 1.54) is 4.31 Å². The Morgan fingerprint density at radius 2 is 1.74 bits per heavy atom. The molecule has 1 aromatic heterocycles. The van der Waals surface area contributed by atoms with E-state index in [1.807, 2.05) is 0 Å². The minimum absolute atomic E-state index is 0.0945. The molecule has 3 aromatic rings. The molecule has 1 aliphatic rings. The van der Waals surface area contributed by atoms with Crippen LogP contribution in [0.25, 0.3) is 11.5 Å². The van der Waals surface area contributed by atoms with Crippen LogP contribution in [0.15, 0.2) is 63.1 Å². The van der Waals surface area contributed by atoms with Crippen LogP contribution < -0.4 is 5.32 Å². The van der Waals surface area contributed by atoms with Gasteiger partial charge in [0.25, 0.3) is 5.22 Å². The van der Waals surface area contributed by atoms with E-state index in [1.54, 1.807) is 48.5 Å². The van der Waals surface area contributed by atoms with Gasteiger partial charge >= 0.3 is 0 Å². The van der Waals surface area contributed by atoms with Crippen LogP contribution >= 0.6 is 23.4 Å². The molecule has 1 amide bonds. The smallest absolute Gasteiger partial charge is 0.277 e. The number of hydrogen-bond donors (Lipinski definition) is 1. The molecule has 8 nitrogen and oxygen atoms in total. The SMILES string of the molecule is O=C(CSc1nnc(-c2ccc(S(=O)(=O)N3CCCC3)cc2)o1)Nc1ccc(Cl)cc1. The van der Waals surface area contributed by atoms with Crippen molar-refractivity contribution in [1.29, 1.82) is 0 Å². The summed E-state index contributed by atoms with van der Waals surface area (Å²) in [7, 11) is -3.47. The Kier molecular flexibility index (Phi) is 6.61. The second-order valence-corrected chi connectivity index (χ2v) is 10.2. The van der Waals surface area contributed by atoms with Gasteiger partial charge in [-0.15, -0.1) is 10.2 Å². The molecule has 0 aliphatic carbocycles. The first kappa shape index (κ1) is 21.8. The number of anilines is 1. The molecule has 1 aliphatic heterocycles. The Labute approximate surface area is 189 Å². The first-order valence-electron chi connectivity index (χ1n) is 9.54. The number of aromatic nitrogens is 2. The van der Waals surface area contributed by atoms with Crippen LogP contribution in [0.3, 0.4) is 0 Å². The van der Waals surface area contributed by atoms with E-state index in [0.29, 0.717) is 29.4 Å². The van der Waals surface area contributed by atoms with E-state index in [4.69, 9.17) is 16.0 Å². The van der Waals surface area contributed by atoms with Gasteiger partial charge in [0.15, 0.2) is 0 Å². The Morgan fingerprint density at radius 3 is 2.42 bits per heavy atom. The molecule has 2 aromatic carbocycles. The lowest BCUT2D eigenvalue weighted by molar-refractivity contribution is -0.113. The van der Waals surface area contributed by atoms with Gasteiger partial charge in [-0.1, -0.05) is 23.4 Å². The van der Waals surface area contributed by atoms with Crippen LogP contribution in [-0.2, 0) is 14.8 Å². The van der Waals surface area contributed by atoms with Gasteiger partial charge in [0.2, 0.25) is 21.8 Å². The maximum atomic E-state index is 12.6. The maximum Gasteiger partial charge on any atom is 0.277 e. The molecule has 11 heteroatoms. The first-order valence-corrected chi connectivity index (χ1v) is 12.3. The Bertz CT molecular complexity index is 1160. The van der Waals surface area contributed by atoms with E-state index >= 15 is 0 Å². The highest BCUT2D eigenvalue weighted by Crippen LogP contribution is 2.26. The fraction of sp³-hybridized carbons (Fsp3) is 0.250. The third-order valence-corrected chi connectivity index (χ3v) is 7.65. The summed E-state index contributed by atoms with van der Waals surface area (Å²) in [6, 6.07) is 13.2. The van der Waals surface area contributed by atoms with E-state index in [2.05, 4.69) is 15.5 Å². The van der Waals surface area contributed by atoms with E-state index < -0.39 is 10.0 Å². The molecule has 4 rings (SSSR count). The molecule has 1 fully saturated rings. The molecule has 162 valence electrons. The van der Waals surface area contributed by atoms with Crippen LogP contribution in [0.2, 0.25) is 5.02 Å². The standard InChI is InChI=1S/C20H19ClN4O4S2/c21-15-5-7-16(8-6-15)22-18(26)13-30-20-24-23-19(29-20)14-3-9-17(10-4-14)31(27,28)25-11-1-2-12-25/h3-10H,1-2,11-13H2,(H,22,26). The number of hydrogen-bond acceptors (Lipinski definition) is 7. The second kappa shape index (κ2) is 9.39. The lowest BCUT2D eigenvalue weighted by atomic mass is 10.2. The molecular formula is C20H19ClN4O4S2. The molecule has 0 unspecified atom stereocenters. The average molecular weight is 479 g/mol. The highest BCUT2D eigenvalue weighted by Gasteiger charge is 2.27. The summed E-state index contributed by atoms with van der Waals surface area (Å²) >= 11 is 6.94. The van der Waals surface area contributed by atoms with Crippen LogP contribution in [0, 0.1) is 0 Å². The number of carbonyl (C=O) groups is 1. The Hall–Kier alpha value is -2.40.